The fraction of sp³-hybridized carbons (Fsp3) is 0.333. The number of nitrogens with zero attached hydrogens (tertiary/aromatic N) is 5. The van der Waals surface area contributed by atoms with Gasteiger partial charge in [0.25, 0.3) is 5.91 Å². The van der Waals surface area contributed by atoms with Crippen LogP contribution in [0.15, 0.2) is 48.9 Å². The van der Waals surface area contributed by atoms with E-state index in [9.17, 15) is 4.79 Å². The molecule has 1 aromatic carbocycles. The summed E-state index contributed by atoms with van der Waals surface area (Å²) in [6.07, 6.45) is 7.49. The number of anilines is 2. The first-order chi connectivity index (χ1) is 15.5. The monoisotopic (exact) mass is 431 g/mol. The predicted octanol–water partition coefficient (Wildman–Crippen LogP) is 2.79. The van der Waals surface area contributed by atoms with Crippen LogP contribution in [0.25, 0.3) is 11.3 Å². The molecule has 0 saturated heterocycles. The number of pyridine rings is 1. The van der Waals surface area contributed by atoms with Crippen molar-refractivity contribution in [3.05, 3.63) is 60.0 Å². The molecular formula is C24H25N5O3. The molecule has 0 bridgehead atoms. The zero-order valence-corrected chi connectivity index (χ0v) is 18.2. The SMILES string of the molecule is COc1ccnc(-c2cnc(N3CC4(CC4)c4ccc(C(=O)N(C)CCO)cc43)nc2)c1. The van der Waals surface area contributed by atoms with Gasteiger partial charge < -0.3 is 19.6 Å². The van der Waals surface area contributed by atoms with E-state index in [0.717, 1.165) is 42.1 Å². The van der Waals surface area contributed by atoms with Crippen LogP contribution in [0.5, 0.6) is 5.75 Å². The number of carbonyl (C=O) groups is 1. The first-order valence-corrected chi connectivity index (χ1v) is 10.7. The van der Waals surface area contributed by atoms with Crippen LogP contribution in [-0.4, -0.2) is 64.7 Å². The van der Waals surface area contributed by atoms with Gasteiger partial charge >= 0.3 is 0 Å². The minimum absolute atomic E-state index is 0.0647. The molecule has 1 fully saturated rings. The Bertz CT molecular complexity index is 1160. The molecule has 0 radical (unpaired) electrons. The number of likely N-dealkylation sites (N-methyl/N-ethyl adjacent to an activating group) is 1. The van der Waals surface area contributed by atoms with Crippen LogP contribution >= 0.6 is 0 Å². The molecule has 8 nitrogen and oxygen atoms in total. The van der Waals surface area contributed by atoms with E-state index < -0.39 is 0 Å². The summed E-state index contributed by atoms with van der Waals surface area (Å²) in [7, 11) is 3.32. The summed E-state index contributed by atoms with van der Waals surface area (Å²) in [5.41, 5.74) is 4.52. The zero-order chi connectivity index (χ0) is 22.3. The summed E-state index contributed by atoms with van der Waals surface area (Å²) in [6.45, 7) is 1.04. The van der Waals surface area contributed by atoms with Crippen molar-refractivity contribution >= 4 is 17.5 Å². The van der Waals surface area contributed by atoms with Gasteiger partial charge in [-0.3, -0.25) is 9.78 Å². The summed E-state index contributed by atoms with van der Waals surface area (Å²) in [6, 6.07) is 9.53. The number of fused-ring (bicyclic) bond motifs is 2. The number of methoxy groups -OCH3 is 1. The smallest absolute Gasteiger partial charge is 0.253 e. The van der Waals surface area contributed by atoms with Crippen molar-refractivity contribution in [1.82, 2.24) is 19.9 Å². The first-order valence-electron chi connectivity index (χ1n) is 10.7. The maximum Gasteiger partial charge on any atom is 0.253 e. The van der Waals surface area contributed by atoms with Crippen molar-refractivity contribution in [3.8, 4) is 17.0 Å². The number of carbonyl (C=O) groups excluding carboxylic acids is 1. The lowest BCUT2D eigenvalue weighted by molar-refractivity contribution is 0.0767. The molecule has 3 aromatic rings. The Labute approximate surface area is 186 Å². The maximum atomic E-state index is 12.8. The standard InChI is InChI=1S/C24H25N5O3/c1-28(9-10-30)22(31)16-3-4-19-21(11-16)29(15-24(19)6-7-24)23-26-13-17(14-27-23)20-12-18(32-2)5-8-25-20/h3-5,8,11-14,30H,6-7,9-10,15H2,1-2H3. The Morgan fingerprint density at radius 3 is 2.66 bits per heavy atom. The highest BCUT2D eigenvalue weighted by molar-refractivity contribution is 5.96. The summed E-state index contributed by atoms with van der Waals surface area (Å²) in [4.78, 5) is 30.0. The van der Waals surface area contributed by atoms with Crippen molar-refractivity contribution in [3.63, 3.8) is 0 Å². The first kappa shape index (κ1) is 20.4. The fourth-order valence-corrected chi connectivity index (χ4v) is 4.33. The quantitative estimate of drug-likeness (QED) is 0.642. The molecule has 2 aliphatic rings. The van der Waals surface area contributed by atoms with E-state index in [1.165, 1.54) is 10.5 Å². The summed E-state index contributed by atoms with van der Waals surface area (Å²) in [5, 5.41) is 9.16. The van der Waals surface area contributed by atoms with E-state index in [0.29, 0.717) is 18.1 Å². The van der Waals surface area contributed by atoms with Crippen LogP contribution in [0.3, 0.4) is 0 Å². The second-order valence-electron chi connectivity index (χ2n) is 8.40. The average Bonchev–Trinajstić information content (AvgIpc) is 3.55. The van der Waals surface area contributed by atoms with Crippen LogP contribution < -0.4 is 9.64 Å². The average molecular weight is 431 g/mol. The normalized spacial score (nSPS) is 15.5. The van der Waals surface area contributed by atoms with Gasteiger partial charge in [0, 0.05) is 67.0 Å². The Hall–Kier alpha value is -3.52. The fourth-order valence-electron chi connectivity index (χ4n) is 4.33. The van der Waals surface area contributed by atoms with Gasteiger partial charge in [-0.05, 0) is 36.6 Å². The minimum atomic E-state index is -0.112. The van der Waals surface area contributed by atoms with Crippen molar-refractivity contribution < 1.29 is 14.6 Å². The number of hydrogen-bond donors (Lipinski definition) is 1. The van der Waals surface area contributed by atoms with Gasteiger partial charge in [0.05, 0.1) is 19.4 Å². The van der Waals surface area contributed by atoms with Crippen molar-refractivity contribution in [1.29, 1.82) is 0 Å². The lowest BCUT2D eigenvalue weighted by Crippen LogP contribution is -2.29. The largest absolute Gasteiger partial charge is 0.497 e. The molecule has 5 rings (SSSR count). The molecule has 2 aromatic heterocycles. The van der Waals surface area contributed by atoms with Crippen LogP contribution in [0, 0.1) is 0 Å². The highest BCUT2D eigenvalue weighted by Crippen LogP contribution is 2.57. The van der Waals surface area contributed by atoms with Gasteiger partial charge in [0.2, 0.25) is 5.95 Å². The zero-order valence-electron chi connectivity index (χ0n) is 18.2. The van der Waals surface area contributed by atoms with Crippen LogP contribution in [0.1, 0.15) is 28.8 Å². The molecular weight excluding hydrogens is 406 g/mol. The number of amides is 1. The lowest BCUT2D eigenvalue weighted by atomic mass is 9.97. The van der Waals surface area contributed by atoms with E-state index >= 15 is 0 Å². The Morgan fingerprint density at radius 1 is 1.19 bits per heavy atom. The van der Waals surface area contributed by atoms with Gasteiger partial charge in [0.1, 0.15) is 5.75 Å². The number of rotatable bonds is 6. The number of ether oxygens (including phenoxy) is 1. The molecule has 164 valence electrons. The van der Waals surface area contributed by atoms with E-state index in [1.807, 2.05) is 18.2 Å². The second-order valence-corrected chi connectivity index (χ2v) is 8.40. The van der Waals surface area contributed by atoms with Gasteiger partial charge in [-0.25, -0.2) is 9.97 Å². The molecule has 0 unspecified atom stereocenters. The van der Waals surface area contributed by atoms with Crippen LogP contribution in [0.4, 0.5) is 11.6 Å². The third kappa shape index (κ3) is 3.46. The van der Waals surface area contributed by atoms with Crippen molar-refractivity contribution in [2.45, 2.75) is 18.3 Å². The van der Waals surface area contributed by atoms with E-state index in [4.69, 9.17) is 9.84 Å². The van der Waals surface area contributed by atoms with Crippen LogP contribution in [0.2, 0.25) is 0 Å². The molecule has 1 aliphatic carbocycles. The lowest BCUT2D eigenvalue weighted by Gasteiger charge is -2.19. The number of aliphatic hydroxyl groups is 1. The molecule has 3 heterocycles. The van der Waals surface area contributed by atoms with E-state index in [-0.39, 0.29) is 17.9 Å². The molecule has 1 amide bonds. The van der Waals surface area contributed by atoms with Crippen LogP contribution in [-0.2, 0) is 5.41 Å². The molecule has 0 atom stereocenters. The number of aromatic nitrogens is 3. The maximum absolute atomic E-state index is 12.8. The van der Waals surface area contributed by atoms with Crippen molar-refractivity contribution in [2.24, 2.45) is 0 Å². The number of hydrogen-bond acceptors (Lipinski definition) is 7. The molecule has 1 aliphatic heterocycles. The summed E-state index contributed by atoms with van der Waals surface area (Å²) in [5.74, 6) is 1.22. The van der Waals surface area contributed by atoms with Gasteiger partial charge in [0.15, 0.2) is 0 Å². The molecule has 1 spiro atoms. The molecule has 8 heteroatoms. The predicted molar refractivity (Wildman–Crippen MR) is 120 cm³/mol. The number of benzene rings is 1. The Balaban J connectivity index is 1.46. The van der Waals surface area contributed by atoms with Crippen molar-refractivity contribution in [2.75, 3.05) is 38.8 Å². The third-order valence-corrected chi connectivity index (χ3v) is 6.35. The third-order valence-electron chi connectivity index (χ3n) is 6.35. The molecule has 1 saturated carbocycles. The number of aliphatic hydroxyl groups excluding tert-OH is 1. The second kappa shape index (κ2) is 7.87. The molecule has 32 heavy (non-hydrogen) atoms. The highest BCUT2D eigenvalue weighted by Gasteiger charge is 2.52. The van der Waals surface area contributed by atoms with Gasteiger partial charge in [-0.2, -0.15) is 0 Å². The highest BCUT2D eigenvalue weighted by atomic mass is 16.5. The Morgan fingerprint density at radius 2 is 1.97 bits per heavy atom. The van der Waals surface area contributed by atoms with E-state index in [1.54, 1.807) is 38.8 Å². The molecule has 1 N–H and O–H groups in total. The van der Waals surface area contributed by atoms with Gasteiger partial charge in [-0.1, -0.05) is 6.07 Å². The Kier molecular flexibility index (Phi) is 5.01. The summed E-state index contributed by atoms with van der Waals surface area (Å²) >= 11 is 0. The topological polar surface area (TPSA) is 91.7 Å². The van der Waals surface area contributed by atoms with E-state index in [2.05, 4.69) is 25.9 Å². The summed E-state index contributed by atoms with van der Waals surface area (Å²) < 4.78 is 5.28. The minimum Gasteiger partial charge on any atom is -0.497 e. The van der Waals surface area contributed by atoms with Gasteiger partial charge in [-0.15, -0.1) is 0 Å².